The first-order chi connectivity index (χ1) is 14.8. The number of carbonyl (C=O) groups excluding carboxylic acids is 1. The van der Waals surface area contributed by atoms with E-state index in [2.05, 4.69) is 22.5 Å². The maximum Gasteiger partial charge on any atom is 0.223 e. The summed E-state index contributed by atoms with van der Waals surface area (Å²) >= 11 is 0. The molecule has 7 nitrogen and oxygen atoms in total. The number of piperidine rings is 1. The minimum absolute atomic E-state index is 0. The van der Waals surface area contributed by atoms with Gasteiger partial charge in [-0.05, 0) is 82.9 Å². The third-order valence-corrected chi connectivity index (χ3v) is 5.40. The predicted molar refractivity (Wildman–Crippen MR) is 144 cm³/mol. The number of aliphatic imine (C=N–C) groups is 1. The molecule has 0 spiro atoms. The lowest BCUT2D eigenvalue weighted by molar-refractivity contribution is -0.128. The highest BCUT2D eigenvalue weighted by molar-refractivity contribution is 14.0. The highest BCUT2D eigenvalue weighted by atomic mass is 127. The summed E-state index contributed by atoms with van der Waals surface area (Å²) in [5, 5.41) is 6.64. The van der Waals surface area contributed by atoms with Crippen molar-refractivity contribution in [1.82, 2.24) is 15.1 Å². The van der Waals surface area contributed by atoms with Crippen LogP contribution in [0.1, 0.15) is 46.5 Å². The molecule has 2 rings (SSSR count). The number of amides is 1. The monoisotopic (exact) mass is 559 g/mol. The summed E-state index contributed by atoms with van der Waals surface area (Å²) in [5.41, 5.74) is 0.936. The topological polar surface area (TPSA) is 69.2 Å². The molecule has 0 aliphatic carbocycles. The van der Waals surface area contributed by atoms with Gasteiger partial charge in [-0.25, -0.2) is 0 Å². The van der Waals surface area contributed by atoms with E-state index in [9.17, 15) is 4.79 Å². The van der Waals surface area contributed by atoms with E-state index in [-0.39, 0.29) is 36.0 Å². The molecule has 0 aromatic heterocycles. The lowest BCUT2D eigenvalue weighted by Gasteiger charge is -2.29. The summed E-state index contributed by atoms with van der Waals surface area (Å²) in [6.45, 7) is 11.1. The minimum atomic E-state index is 0. The molecule has 1 aliphatic heterocycles. The fourth-order valence-electron chi connectivity index (χ4n) is 3.45. The van der Waals surface area contributed by atoms with Crippen molar-refractivity contribution in [3.05, 3.63) is 24.3 Å². The lowest BCUT2D eigenvalue weighted by Crippen LogP contribution is -2.35. The molecule has 182 valence electrons. The van der Waals surface area contributed by atoms with Gasteiger partial charge in [-0.3, -0.25) is 9.79 Å². The maximum absolute atomic E-state index is 11.9. The van der Waals surface area contributed by atoms with Crippen LogP contribution in [0.5, 0.6) is 5.75 Å². The number of halogens is 1. The van der Waals surface area contributed by atoms with E-state index in [4.69, 9.17) is 9.73 Å². The molecule has 1 aromatic rings. The van der Waals surface area contributed by atoms with Crippen LogP contribution >= 0.6 is 24.0 Å². The molecular formula is C24H42IN5O2. The summed E-state index contributed by atoms with van der Waals surface area (Å²) in [6, 6.07) is 7.86. The largest absolute Gasteiger partial charge is 0.491 e. The van der Waals surface area contributed by atoms with Crippen molar-refractivity contribution in [3.8, 4) is 5.75 Å². The van der Waals surface area contributed by atoms with Crippen molar-refractivity contribution in [2.75, 3.05) is 52.1 Å². The Morgan fingerprint density at radius 2 is 1.88 bits per heavy atom. The van der Waals surface area contributed by atoms with Gasteiger partial charge in [-0.1, -0.05) is 6.92 Å². The Kier molecular flexibility index (Phi) is 13.6. The standard InChI is InChI=1S/C24H41N5O2.HI/c1-19(2)31-22-9-7-21(8-10-22)27-24(26-15-11-23(30)28(4)5)25-14-6-16-29-17-12-20(3)13-18-29;/h7-10,19-20H,6,11-18H2,1-5H3,(H2,25,26,27);1H. The second-order valence-electron chi connectivity index (χ2n) is 8.89. The van der Waals surface area contributed by atoms with Crippen LogP contribution in [0.2, 0.25) is 0 Å². The van der Waals surface area contributed by atoms with Crippen LogP contribution < -0.4 is 15.4 Å². The second kappa shape index (κ2) is 15.3. The molecule has 8 heteroatoms. The maximum atomic E-state index is 11.9. The Morgan fingerprint density at radius 3 is 2.47 bits per heavy atom. The molecule has 1 aliphatic rings. The second-order valence-corrected chi connectivity index (χ2v) is 8.89. The normalized spacial score (nSPS) is 15.2. The third-order valence-electron chi connectivity index (χ3n) is 5.40. The van der Waals surface area contributed by atoms with Crippen molar-refractivity contribution < 1.29 is 9.53 Å². The van der Waals surface area contributed by atoms with E-state index in [0.29, 0.717) is 18.9 Å². The Labute approximate surface area is 211 Å². The Hall–Kier alpha value is -1.55. The fourth-order valence-corrected chi connectivity index (χ4v) is 3.45. The number of rotatable bonds is 10. The van der Waals surface area contributed by atoms with Crippen LogP contribution in [0.4, 0.5) is 5.69 Å². The zero-order chi connectivity index (χ0) is 22.6. The number of anilines is 1. The predicted octanol–water partition coefficient (Wildman–Crippen LogP) is 4.05. The van der Waals surface area contributed by atoms with Crippen LogP contribution in [0.3, 0.4) is 0 Å². The minimum Gasteiger partial charge on any atom is -0.491 e. The molecule has 0 atom stereocenters. The summed E-state index contributed by atoms with van der Waals surface area (Å²) in [7, 11) is 3.55. The number of guanidine groups is 1. The van der Waals surface area contributed by atoms with Crippen LogP contribution in [0.25, 0.3) is 0 Å². The van der Waals surface area contributed by atoms with E-state index in [1.807, 2.05) is 38.1 Å². The quantitative estimate of drug-likeness (QED) is 0.196. The van der Waals surface area contributed by atoms with Gasteiger partial charge in [0.15, 0.2) is 5.96 Å². The number of nitrogens with zero attached hydrogens (tertiary/aromatic N) is 3. The molecule has 2 N–H and O–H groups in total. The smallest absolute Gasteiger partial charge is 0.223 e. The van der Waals surface area contributed by atoms with Gasteiger partial charge < -0.3 is 25.2 Å². The molecule has 0 bridgehead atoms. The molecule has 1 saturated heterocycles. The Bertz CT molecular complexity index is 686. The van der Waals surface area contributed by atoms with Gasteiger partial charge in [-0.2, -0.15) is 0 Å². The van der Waals surface area contributed by atoms with Crippen LogP contribution in [0.15, 0.2) is 29.3 Å². The first-order valence-corrected chi connectivity index (χ1v) is 11.6. The van der Waals surface area contributed by atoms with E-state index in [1.165, 1.54) is 25.9 Å². The molecule has 0 unspecified atom stereocenters. The van der Waals surface area contributed by atoms with E-state index in [0.717, 1.165) is 36.9 Å². The van der Waals surface area contributed by atoms with E-state index < -0.39 is 0 Å². The number of likely N-dealkylation sites (tertiary alicyclic amines) is 1. The van der Waals surface area contributed by atoms with Gasteiger partial charge >= 0.3 is 0 Å². The van der Waals surface area contributed by atoms with Gasteiger partial charge in [0.25, 0.3) is 0 Å². The van der Waals surface area contributed by atoms with Gasteiger partial charge in [-0.15, -0.1) is 24.0 Å². The number of hydrogen-bond donors (Lipinski definition) is 2. The van der Waals surface area contributed by atoms with E-state index >= 15 is 0 Å². The lowest BCUT2D eigenvalue weighted by atomic mass is 9.99. The highest BCUT2D eigenvalue weighted by Crippen LogP contribution is 2.17. The molecule has 1 fully saturated rings. The molecule has 1 heterocycles. The molecule has 32 heavy (non-hydrogen) atoms. The molecule has 0 saturated carbocycles. The highest BCUT2D eigenvalue weighted by Gasteiger charge is 2.14. The Morgan fingerprint density at radius 1 is 1.22 bits per heavy atom. The van der Waals surface area contributed by atoms with Crippen LogP contribution in [-0.4, -0.2) is 74.6 Å². The first-order valence-electron chi connectivity index (χ1n) is 11.6. The number of hydrogen-bond acceptors (Lipinski definition) is 4. The van der Waals surface area contributed by atoms with Crippen molar-refractivity contribution >= 4 is 41.5 Å². The van der Waals surface area contributed by atoms with Gasteiger partial charge in [0, 0.05) is 39.3 Å². The Balaban J connectivity index is 0.00000512. The first kappa shape index (κ1) is 28.5. The zero-order valence-electron chi connectivity index (χ0n) is 20.4. The average molecular weight is 560 g/mol. The van der Waals surface area contributed by atoms with Gasteiger partial charge in [0.2, 0.25) is 5.91 Å². The van der Waals surface area contributed by atoms with Gasteiger partial charge in [0.05, 0.1) is 6.10 Å². The van der Waals surface area contributed by atoms with E-state index in [1.54, 1.807) is 19.0 Å². The fraction of sp³-hybridized carbons (Fsp3) is 0.667. The SMILES string of the molecule is CC1CCN(CCCN=C(NCCC(=O)N(C)C)Nc2ccc(OC(C)C)cc2)CC1.I. The van der Waals surface area contributed by atoms with Gasteiger partial charge in [0.1, 0.15) is 5.75 Å². The van der Waals surface area contributed by atoms with Crippen molar-refractivity contribution in [3.63, 3.8) is 0 Å². The summed E-state index contributed by atoms with van der Waals surface area (Å²) in [6.07, 6.45) is 4.21. The molecule has 1 aromatic carbocycles. The zero-order valence-corrected chi connectivity index (χ0v) is 22.7. The third kappa shape index (κ3) is 11.4. The summed E-state index contributed by atoms with van der Waals surface area (Å²) in [5.74, 6) is 2.51. The molecule has 0 radical (unpaired) electrons. The van der Waals surface area contributed by atoms with Crippen LogP contribution in [-0.2, 0) is 4.79 Å². The van der Waals surface area contributed by atoms with Crippen molar-refractivity contribution in [1.29, 1.82) is 0 Å². The number of nitrogens with one attached hydrogen (secondary N) is 2. The summed E-state index contributed by atoms with van der Waals surface area (Å²) < 4.78 is 5.71. The number of ether oxygens (including phenoxy) is 1. The average Bonchev–Trinajstić information content (AvgIpc) is 2.73. The van der Waals surface area contributed by atoms with Crippen molar-refractivity contribution in [2.45, 2.75) is 52.6 Å². The number of benzene rings is 1. The molecule has 1 amide bonds. The number of carbonyl (C=O) groups is 1. The van der Waals surface area contributed by atoms with Crippen LogP contribution in [0, 0.1) is 5.92 Å². The summed E-state index contributed by atoms with van der Waals surface area (Å²) in [4.78, 5) is 20.8. The molecular weight excluding hydrogens is 517 g/mol. The van der Waals surface area contributed by atoms with Crippen molar-refractivity contribution in [2.24, 2.45) is 10.9 Å².